The molecule has 2 aliphatic rings. The monoisotopic (exact) mass is 385 g/mol. The van der Waals surface area contributed by atoms with E-state index in [2.05, 4.69) is 53.2 Å². The Morgan fingerprint density at radius 1 is 1.07 bits per heavy atom. The maximum Gasteiger partial charge on any atom is 0.223 e. The number of rotatable bonds is 8. The van der Waals surface area contributed by atoms with Gasteiger partial charge >= 0.3 is 0 Å². The molecule has 0 aromatic heterocycles. The molecule has 1 aromatic rings. The molecule has 1 amide bonds. The number of hydrogen-bond acceptors (Lipinski definition) is 3. The Balaban J connectivity index is 1.32. The average molecular weight is 386 g/mol. The van der Waals surface area contributed by atoms with Crippen LogP contribution in [0.4, 0.5) is 0 Å². The van der Waals surface area contributed by atoms with E-state index < -0.39 is 0 Å². The van der Waals surface area contributed by atoms with Crippen LogP contribution in [0.3, 0.4) is 0 Å². The van der Waals surface area contributed by atoms with Gasteiger partial charge in [-0.25, -0.2) is 0 Å². The summed E-state index contributed by atoms with van der Waals surface area (Å²) in [5, 5.41) is 3.16. The highest BCUT2D eigenvalue weighted by Crippen LogP contribution is 2.24. The number of likely N-dealkylation sites (tertiary alicyclic amines) is 2. The number of carbonyl (C=O) groups excluding carboxylic acids is 1. The average Bonchev–Trinajstić information content (AvgIpc) is 2.75. The third-order valence-corrected chi connectivity index (χ3v) is 6.80. The number of carbonyl (C=O) groups is 1. The molecule has 2 fully saturated rings. The smallest absolute Gasteiger partial charge is 0.223 e. The van der Waals surface area contributed by atoms with Gasteiger partial charge in [-0.05, 0) is 69.8 Å². The van der Waals surface area contributed by atoms with Crippen LogP contribution in [0.2, 0.25) is 0 Å². The van der Waals surface area contributed by atoms with Gasteiger partial charge in [0.2, 0.25) is 5.91 Å². The van der Waals surface area contributed by atoms with Crippen molar-refractivity contribution in [1.29, 1.82) is 0 Å². The minimum Gasteiger partial charge on any atom is -0.356 e. The summed E-state index contributed by atoms with van der Waals surface area (Å²) in [6.45, 7) is 11.3. The standard InChI is InChI=1S/C24H39N3O/c1-3-20(2)19-26-15-12-23(13-16-26)27-17-10-22(11-18-27)24(28)25-14-9-21-7-5-4-6-8-21/h4-8,20,22-23H,3,9-19H2,1-2H3,(H,25,28). The summed E-state index contributed by atoms with van der Waals surface area (Å²) in [4.78, 5) is 17.8. The molecule has 4 nitrogen and oxygen atoms in total. The summed E-state index contributed by atoms with van der Waals surface area (Å²) in [7, 11) is 0. The van der Waals surface area contributed by atoms with E-state index in [1.165, 1.54) is 44.5 Å². The molecule has 1 atom stereocenters. The van der Waals surface area contributed by atoms with Gasteiger partial charge < -0.3 is 15.1 Å². The molecule has 156 valence electrons. The zero-order valence-corrected chi connectivity index (χ0v) is 17.9. The van der Waals surface area contributed by atoms with E-state index >= 15 is 0 Å². The largest absolute Gasteiger partial charge is 0.356 e. The number of hydrogen-bond donors (Lipinski definition) is 1. The van der Waals surface area contributed by atoms with E-state index in [0.717, 1.165) is 50.9 Å². The van der Waals surface area contributed by atoms with Gasteiger partial charge in [0.05, 0.1) is 0 Å². The van der Waals surface area contributed by atoms with Crippen molar-refractivity contribution in [2.75, 3.05) is 39.3 Å². The molecule has 2 aliphatic heterocycles. The van der Waals surface area contributed by atoms with E-state index in [9.17, 15) is 4.79 Å². The SMILES string of the molecule is CCC(C)CN1CCC(N2CCC(C(=O)NCCc3ccccc3)CC2)CC1. The highest BCUT2D eigenvalue weighted by Gasteiger charge is 2.30. The Morgan fingerprint density at radius 2 is 1.75 bits per heavy atom. The number of nitrogens with zero attached hydrogens (tertiary/aromatic N) is 2. The van der Waals surface area contributed by atoms with Crippen molar-refractivity contribution >= 4 is 5.91 Å². The van der Waals surface area contributed by atoms with Gasteiger partial charge in [-0.2, -0.15) is 0 Å². The van der Waals surface area contributed by atoms with Gasteiger partial charge in [0.25, 0.3) is 0 Å². The van der Waals surface area contributed by atoms with Crippen molar-refractivity contribution in [3.05, 3.63) is 35.9 Å². The topological polar surface area (TPSA) is 35.6 Å². The van der Waals surface area contributed by atoms with Gasteiger partial charge in [0, 0.05) is 25.0 Å². The summed E-state index contributed by atoms with van der Waals surface area (Å²) in [5.41, 5.74) is 1.29. The zero-order chi connectivity index (χ0) is 19.8. The summed E-state index contributed by atoms with van der Waals surface area (Å²) < 4.78 is 0. The molecule has 0 aliphatic carbocycles. The van der Waals surface area contributed by atoms with Crippen LogP contribution in [-0.4, -0.2) is 61.0 Å². The molecule has 3 rings (SSSR count). The Labute approximate surface area is 171 Å². The van der Waals surface area contributed by atoms with Crippen molar-refractivity contribution in [1.82, 2.24) is 15.1 Å². The second-order valence-electron chi connectivity index (χ2n) is 8.88. The van der Waals surface area contributed by atoms with Gasteiger partial charge in [-0.15, -0.1) is 0 Å². The molecule has 1 N–H and O–H groups in total. The Hall–Kier alpha value is -1.39. The van der Waals surface area contributed by atoms with Crippen LogP contribution in [0.15, 0.2) is 30.3 Å². The summed E-state index contributed by atoms with van der Waals surface area (Å²) >= 11 is 0. The molecular formula is C24H39N3O. The predicted molar refractivity (Wildman–Crippen MR) is 116 cm³/mol. The van der Waals surface area contributed by atoms with Gasteiger partial charge in [-0.3, -0.25) is 4.79 Å². The molecule has 4 heteroatoms. The lowest BCUT2D eigenvalue weighted by Crippen LogP contribution is -2.49. The zero-order valence-electron chi connectivity index (χ0n) is 17.9. The van der Waals surface area contributed by atoms with Crippen molar-refractivity contribution < 1.29 is 4.79 Å². The normalized spacial score (nSPS) is 21.5. The first-order chi connectivity index (χ1) is 13.7. The predicted octanol–water partition coefficient (Wildman–Crippen LogP) is 3.57. The minimum atomic E-state index is 0.206. The summed E-state index contributed by atoms with van der Waals surface area (Å²) in [6.07, 6.45) is 6.82. The van der Waals surface area contributed by atoms with Crippen LogP contribution in [0.1, 0.15) is 51.5 Å². The third kappa shape index (κ3) is 6.31. The lowest BCUT2D eigenvalue weighted by Gasteiger charge is -2.42. The highest BCUT2D eigenvalue weighted by atomic mass is 16.1. The van der Waals surface area contributed by atoms with E-state index in [0.29, 0.717) is 0 Å². The van der Waals surface area contributed by atoms with E-state index in [1.807, 2.05) is 6.07 Å². The maximum atomic E-state index is 12.5. The molecule has 1 aromatic carbocycles. The molecule has 1 unspecified atom stereocenters. The third-order valence-electron chi connectivity index (χ3n) is 6.80. The molecule has 0 radical (unpaired) electrons. The molecule has 0 spiro atoms. The summed E-state index contributed by atoms with van der Waals surface area (Å²) in [6, 6.07) is 11.1. The first-order valence-electron chi connectivity index (χ1n) is 11.4. The number of nitrogens with one attached hydrogen (secondary N) is 1. The molecule has 0 bridgehead atoms. The van der Waals surface area contributed by atoms with Crippen LogP contribution in [-0.2, 0) is 11.2 Å². The van der Waals surface area contributed by atoms with Crippen LogP contribution in [0.25, 0.3) is 0 Å². The lowest BCUT2D eigenvalue weighted by atomic mass is 9.92. The Kier molecular flexibility index (Phi) is 8.35. The van der Waals surface area contributed by atoms with Crippen molar-refractivity contribution in [3.63, 3.8) is 0 Å². The quantitative estimate of drug-likeness (QED) is 0.743. The summed E-state index contributed by atoms with van der Waals surface area (Å²) in [5.74, 6) is 1.28. The minimum absolute atomic E-state index is 0.206. The molecule has 28 heavy (non-hydrogen) atoms. The van der Waals surface area contributed by atoms with Crippen molar-refractivity contribution in [3.8, 4) is 0 Å². The number of amides is 1. The van der Waals surface area contributed by atoms with Crippen molar-refractivity contribution in [2.45, 2.75) is 58.4 Å². The van der Waals surface area contributed by atoms with Crippen LogP contribution >= 0.6 is 0 Å². The van der Waals surface area contributed by atoms with Gasteiger partial charge in [0.15, 0.2) is 0 Å². The van der Waals surface area contributed by atoms with E-state index in [1.54, 1.807) is 0 Å². The molecular weight excluding hydrogens is 346 g/mol. The molecule has 2 heterocycles. The second-order valence-corrected chi connectivity index (χ2v) is 8.88. The van der Waals surface area contributed by atoms with Gasteiger partial charge in [0.1, 0.15) is 0 Å². The van der Waals surface area contributed by atoms with Crippen LogP contribution in [0, 0.1) is 11.8 Å². The molecule has 2 saturated heterocycles. The maximum absolute atomic E-state index is 12.5. The lowest BCUT2D eigenvalue weighted by molar-refractivity contribution is -0.126. The second kappa shape index (κ2) is 11.0. The fourth-order valence-electron chi connectivity index (χ4n) is 4.68. The fourth-order valence-corrected chi connectivity index (χ4v) is 4.68. The first kappa shape index (κ1) is 21.3. The number of benzene rings is 1. The van der Waals surface area contributed by atoms with E-state index in [-0.39, 0.29) is 11.8 Å². The highest BCUT2D eigenvalue weighted by molar-refractivity contribution is 5.78. The van der Waals surface area contributed by atoms with Gasteiger partial charge in [-0.1, -0.05) is 50.6 Å². The van der Waals surface area contributed by atoms with Crippen molar-refractivity contribution in [2.24, 2.45) is 11.8 Å². The Bertz CT molecular complexity index is 575. The van der Waals surface area contributed by atoms with Crippen LogP contribution in [0.5, 0.6) is 0 Å². The first-order valence-corrected chi connectivity index (χ1v) is 11.4. The number of piperidine rings is 2. The van der Waals surface area contributed by atoms with Crippen LogP contribution < -0.4 is 5.32 Å². The van der Waals surface area contributed by atoms with E-state index in [4.69, 9.17) is 0 Å². The molecule has 0 saturated carbocycles. The fraction of sp³-hybridized carbons (Fsp3) is 0.708. The Morgan fingerprint density at radius 3 is 2.39 bits per heavy atom.